The van der Waals surface area contributed by atoms with Crippen LogP contribution < -0.4 is 0 Å². The summed E-state index contributed by atoms with van der Waals surface area (Å²) in [6.45, 7) is 7.03. The maximum atomic E-state index is 6.28. The van der Waals surface area contributed by atoms with Crippen LogP contribution in [0.4, 0.5) is 0 Å². The lowest BCUT2D eigenvalue weighted by Crippen LogP contribution is -2.39. The number of hydrogen-bond acceptors (Lipinski definition) is 4. The summed E-state index contributed by atoms with van der Waals surface area (Å²) in [7, 11) is 0. The van der Waals surface area contributed by atoms with Gasteiger partial charge >= 0.3 is 0 Å². The highest BCUT2D eigenvalue weighted by atomic mass is 16.5. The summed E-state index contributed by atoms with van der Waals surface area (Å²) >= 11 is 0. The maximum absolute atomic E-state index is 6.28. The van der Waals surface area contributed by atoms with Gasteiger partial charge in [0, 0.05) is 43.9 Å². The lowest BCUT2D eigenvalue weighted by atomic mass is 10.0. The molecule has 2 aromatic rings. The van der Waals surface area contributed by atoms with Crippen molar-refractivity contribution in [1.82, 2.24) is 9.88 Å². The number of pyridine rings is 1. The van der Waals surface area contributed by atoms with Crippen LogP contribution in [0.5, 0.6) is 0 Å². The van der Waals surface area contributed by atoms with Gasteiger partial charge in [-0.3, -0.25) is 9.88 Å². The van der Waals surface area contributed by atoms with E-state index in [0.717, 1.165) is 69.7 Å². The van der Waals surface area contributed by atoms with E-state index in [0.29, 0.717) is 12.2 Å². The molecule has 25 heavy (non-hydrogen) atoms. The van der Waals surface area contributed by atoms with Crippen LogP contribution in [-0.4, -0.2) is 48.4 Å². The largest absolute Gasteiger partial charge is 0.381 e. The number of benzene rings is 1. The molecular formula is C21H28N2O2. The number of aromatic nitrogens is 1. The highest BCUT2D eigenvalue weighted by Gasteiger charge is 2.24. The molecule has 2 fully saturated rings. The SMILES string of the molecule is Cc1ccc2cc(CN3CCC(OC4CCOCC4)CC3)ccc2n1. The Hall–Kier alpha value is -1.49. The lowest BCUT2D eigenvalue weighted by molar-refractivity contribution is -0.0851. The number of ether oxygens (including phenoxy) is 2. The lowest BCUT2D eigenvalue weighted by Gasteiger charge is -2.35. The summed E-state index contributed by atoms with van der Waals surface area (Å²) in [5.41, 5.74) is 3.54. The first-order valence-corrected chi connectivity index (χ1v) is 9.58. The topological polar surface area (TPSA) is 34.6 Å². The zero-order valence-electron chi connectivity index (χ0n) is 15.1. The van der Waals surface area contributed by atoms with Crippen molar-refractivity contribution in [2.75, 3.05) is 26.3 Å². The summed E-state index contributed by atoms with van der Waals surface area (Å²) in [5.74, 6) is 0. The molecule has 3 heterocycles. The molecule has 0 aliphatic carbocycles. The summed E-state index contributed by atoms with van der Waals surface area (Å²) in [6, 6.07) is 10.9. The Bertz CT molecular complexity index is 704. The van der Waals surface area contributed by atoms with Crippen molar-refractivity contribution in [2.45, 2.75) is 51.4 Å². The highest BCUT2D eigenvalue weighted by molar-refractivity contribution is 5.79. The van der Waals surface area contributed by atoms with Crippen molar-refractivity contribution < 1.29 is 9.47 Å². The normalized spacial score (nSPS) is 21.0. The fraction of sp³-hybridized carbons (Fsp3) is 0.571. The van der Waals surface area contributed by atoms with E-state index >= 15 is 0 Å². The molecule has 2 aliphatic rings. The molecule has 2 aliphatic heterocycles. The Morgan fingerprint density at radius 2 is 1.80 bits per heavy atom. The molecule has 0 amide bonds. The maximum Gasteiger partial charge on any atom is 0.0705 e. The van der Waals surface area contributed by atoms with Crippen molar-refractivity contribution in [3.05, 3.63) is 41.6 Å². The minimum atomic E-state index is 0.418. The molecular weight excluding hydrogens is 312 g/mol. The number of piperidine rings is 1. The predicted molar refractivity (Wildman–Crippen MR) is 99.7 cm³/mol. The molecule has 4 heteroatoms. The van der Waals surface area contributed by atoms with Crippen molar-refractivity contribution in [1.29, 1.82) is 0 Å². The van der Waals surface area contributed by atoms with Crippen LogP contribution in [0.1, 0.15) is 36.9 Å². The van der Waals surface area contributed by atoms with Crippen LogP contribution in [0.15, 0.2) is 30.3 Å². The zero-order chi connectivity index (χ0) is 17.1. The van der Waals surface area contributed by atoms with E-state index in [1.165, 1.54) is 10.9 Å². The number of nitrogens with zero attached hydrogens (tertiary/aromatic N) is 2. The van der Waals surface area contributed by atoms with Crippen LogP contribution in [0.25, 0.3) is 10.9 Å². The molecule has 1 aromatic heterocycles. The van der Waals surface area contributed by atoms with E-state index in [1.54, 1.807) is 0 Å². The first-order valence-electron chi connectivity index (χ1n) is 9.58. The predicted octanol–water partition coefficient (Wildman–Crippen LogP) is 3.70. The minimum absolute atomic E-state index is 0.418. The van der Waals surface area contributed by atoms with Crippen LogP contribution in [0.2, 0.25) is 0 Å². The van der Waals surface area contributed by atoms with Crippen molar-refractivity contribution in [3.8, 4) is 0 Å². The molecule has 0 atom stereocenters. The van der Waals surface area contributed by atoms with Gasteiger partial charge in [-0.25, -0.2) is 0 Å². The van der Waals surface area contributed by atoms with Gasteiger partial charge in [0.05, 0.1) is 17.7 Å². The quantitative estimate of drug-likeness (QED) is 0.850. The zero-order valence-corrected chi connectivity index (χ0v) is 15.1. The van der Waals surface area contributed by atoms with Crippen LogP contribution in [0.3, 0.4) is 0 Å². The molecule has 0 bridgehead atoms. The first kappa shape index (κ1) is 17.0. The van der Waals surface area contributed by atoms with Gasteiger partial charge in [0.2, 0.25) is 0 Å². The van der Waals surface area contributed by atoms with Crippen molar-refractivity contribution in [3.63, 3.8) is 0 Å². The second-order valence-corrected chi connectivity index (χ2v) is 7.40. The van der Waals surface area contributed by atoms with Gasteiger partial charge in [-0.2, -0.15) is 0 Å². The van der Waals surface area contributed by atoms with E-state index in [2.05, 4.69) is 40.2 Å². The Kier molecular flexibility index (Phi) is 5.30. The third kappa shape index (κ3) is 4.38. The molecule has 4 rings (SSSR count). The molecule has 1 aromatic carbocycles. The third-order valence-corrected chi connectivity index (χ3v) is 5.39. The van der Waals surface area contributed by atoms with E-state index < -0.39 is 0 Å². The van der Waals surface area contributed by atoms with Crippen molar-refractivity contribution in [2.24, 2.45) is 0 Å². The summed E-state index contributed by atoms with van der Waals surface area (Å²) in [4.78, 5) is 7.14. The molecule has 4 nitrogen and oxygen atoms in total. The molecule has 134 valence electrons. The first-order chi connectivity index (χ1) is 12.3. The smallest absolute Gasteiger partial charge is 0.0705 e. The molecule has 0 radical (unpaired) electrons. The summed E-state index contributed by atoms with van der Waals surface area (Å²) < 4.78 is 11.7. The van der Waals surface area contributed by atoms with Crippen molar-refractivity contribution >= 4 is 10.9 Å². The Labute approximate surface area is 150 Å². The van der Waals surface area contributed by atoms with Gasteiger partial charge in [-0.05, 0) is 56.4 Å². The summed E-state index contributed by atoms with van der Waals surface area (Å²) in [5, 5.41) is 1.24. The molecule has 2 saturated heterocycles. The number of rotatable bonds is 4. The molecule has 0 spiro atoms. The molecule has 0 unspecified atom stereocenters. The van der Waals surface area contributed by atoms with Crippen LogP contribution in [-0.2, 0) is 16.0 Å². The number of aryl methyl sites for hydroxylation is 1. The number of likely N-dealkylation sites (tertiary alicyclic amines) is 1. The molecule has 0 saturated carbocycles. The van der Waals surface area contributed by atoms with E-state index in [-0.39, 0.29) is 0 Å². The van der Waals surface area contributed by atoms with Gasteiger partial charge in [0.25, 0.3) is 0 Å². The van der Waals surface area contributed by atoms with Gasteiger partial charge in [-0.1, -0.05) is 12.1 Å². The van der Waals surface area contributed by atoms with Gasteiger partial charge < -0.3 is 9.47 Å². The van der Waals surface area contributed by atoms with E-state index in [4.69, 9.17) is 9.47 Å². The number of fused-ring (bicyclic) bond motifs is 1. The summed E-state index contributed by atoms with van der Waals surface area (Å²) in [6.07, 6.45) is 5.26. The fourth-order valence-electron chi connectivity index (χ4n) is 3.92. The average Bonchev–Trinajstić information content (AvgIpc) is 2.64. The Morgan fingerprint density at radius 1 is 1.04 bits per heavy atom. The van der Waals surface area contributed by atoms with E-state index in [1.807, 2.05) is 6.92 Å². The second kappa shape index (κ2) is 7.81. The van der Waals surface area contributed by atoms with Gasteiger partial charge in [-0.15, -0.1) is 0 Å². The third-order valence-electron chi connectivity index (χ3n) is 5.39. The standard InChI is InChI=1S/C21H28N2O2/c1-16-2-4-18-14-17(3-5-21(18)22-16)15-23-10-6-19(7-11-23)25-20-8-12-24-13-9-20/h2-5,14,19-20H,6-13,15H2,1H3. The van der Waals surface area contributed by atoms with Gasteiger partial charge in [0.15, 0.2) is 0 Å². The molecule has 0 N–H and O–H groups in total. The highest BCUT2D eigenvalue weighted by Crippen LogP contribution is 2.22. The van der Waals surface area contributed by atoms with Gasteiger partial charge in [0.1, 0.15) is 0 Å². The Balaban J connectivity index is 1.30. The second-order valence-electron chi connectivity index (χ2n) is 7.40. The monoisotopic (exact) mass is 340 g/mol. The fourth-order valence-corrected chi connectivity index (χ4v) is 3.92. The average molecular weight is 340 g/mol. The number of hydrogen-bond donors (Lipinski definition) is 0. The van der Waals surface area contributed by atoms with Crippen LogP contribution in [0, 0.1) is 6.92 Å². The minimum Gasteiger partial charge on any atom is -0.381 e. The van der Waals surface area contributed by atoms with Crippen LogP contribution >= 0.6 is 0 Å². The Morgan fingerprint density at radius 3 is 2.60 bits per heavy atom. The van der Waals surface area contributed by atoms with E-state index in [9.17, 15) is 0 Å².